The van der Waals surface area contributed by atoms with Crippen LogP contribution in [-0.2, 0) is 13.0 Å². The first kappa shape index (κ1) is 16.3. The van der Waals surface area contributed by atoms with Crippen LogP contribution in [0.25, 0.3) is 0 Å². The first-order valence-corrected chi connectivity index (χ1v) is 8.53. The molecule has 4 rings (SSSR count). The van der Waals surface area contributed by atoms with Crippen molar-refractivity contribution in [2.45, 2.75) is 13.0 Å². The Morgan fingerprint density at radius 1 is 1.04 bits per heavy atom. The SMILES string of the molecule is O=C(Nc1cccc(F)c1)c1cncc(N2CCc3ccccc3C2)c1. The molecule has 1 N–H and O–H groups in total. The van der Waals surface area contributed by atoms with Gasteiger partial charge in [-0.15, -0.1) is 0 Å². The van der Waals surface area contributed by atoms with E-state index in [0.717, 1.165) is 25.2 Å². The lowest BCUT2D eigenvalue weighted by molar-refractivity contribution is 0.102. The van der Waals surface area contributed by atoms with Gasteiger partial charge in [0.1, 0.15) is 5.82 Å². The Bertz CT molecular complexity index is 957. The predicted octanol–water partition coefficient (Wildman–Crippen LogP) is 4.04. The lowest BCUT2D eigenvalue weighted by Gasteiger charge is -2.30. The Kier molecular flexibility index (Phi) is 4.35. The second-order valence-corrected chi connectivity index (χ2v) is 6.34. The van der Waals surface area contributed by atoms with Crippen LogP contribution in [0.1, 0.15) is 21.5 Å². The van der Waals surface area contributed by atoms with Crippen molar-refractivity contribution in [3.8, 4) is 0 Å². The number of nitrogens with one attached hydrogen (secondary N) is 1. The number of hydrogen-bond donors (Lipinski definition) is 1. The van der Waals surface area contributed by atoms with E-state index in [4.69, 9.17) is 0 Å². The Morgan fingerprint density at radius 2 is 1.88 bits per heavy atom. The zero-order valence-corrected chi connectivity index (χ0v) is 14.2. The van der Waals surface area contributed by atoms with Crippen molar-refractivity contribution in [2.75, 3.05) is 16.8 Å². The van der Waals surface area contributed by atoms with E-state index in [1.165, 1.54) is 29.5 Å². The number of fused-ring (bicyclic) bond motifs is 1. The molecule has 0 atom stereocenters. The molecule has 0 saturated heterocycles. The van der Waals surface area contributed by atoms with Crippen molar-refractivity contribution in [1.82, 2.24) is 4.98 Å². The van der Waals surface area contributed by atoms with E-state index in [2.05, 4.69) is 33.4 Å². The van der Waals surface area contributed by atoms with E-state index < -0.39 is 0 Å². The first-order valence-electron chi connectivity index (χ1n) is 8.53. The summed E-state index contributed by atoms with van der Waals surface area (Å²) in [4.78, 5) is 18.9. The quantitative estimate of drug-likeness (QED) is 0.778. The molecule has 2 aromatic carbocycles. The molecule has 1 aromatic heterocycles. The lowest BCUT2D eigenvalue weighted by atomic mass is 9.99. The zero-order chi connectivity index (χ0) is 17.9. The summed E-state index contributed by atoms with van der Waals surface area (Å²) >= 11 is 0. The third-order valence-corrected chi connectivity index (χ3v) is 4.56. The van der Waals surface area contributed by atoms with Gasteiger partial charge in [0.25, 0.3) is 5.91 Å². The number of amides is 1. The van der Waals surface area contributed by atoms with E-state index in [0.29, 0.717) is 11.3 Å². The summed E-state index contributed by atoms with van der Waals surface area (Å²) in [7, 11) is 0. The fraction of sp³-hybridized carbons (Fsp3) is 0.143. The highest BCUT2D eigenvalue weighted by Crippen LogP contribution is 2.24. The van der Waals surface area contributed by atoms with Crippen molar-refractivity contribution in [3.63, 3.8) is 0 Å². The normalized spacial score (nSPS) is 13.2. The van der Waals surface area contributed by atoms with E-state index in [1.807, 2.05) is 12.1 Å². The van der Waals surface area contributed by atoms with E-state index in [-0.39, 0.29) is 11.7 Å². The topological polar surface area (TPSA) is 45.2 Å². The van der Waals surface area contributed by atoms with Gasteiger partial charge in [-0.3, -0.25) is 9.78 Å². The minimum Gasteiger partial charge on any atom is -0.366 e. The molecule has 1 aliphatic rings. The summed E-state index contributed by atoms with van der Waals surface area (Å²) in [5.41, 5.74) is 4.45. The summed E-state index contributed by atoms with van der Waals surface area (Å²) in [5.74, 6) is -0.691. The molecule has 4 nitrogen and oxygen atoms in total. The fourth-order valence-electron chi connectivity index (χ4n) is 3.21. The van der Waals surface area contributed by atoms with Gasteiger partial charge in [0.05, 0.1) is 17.4 Å². The molecule has 2 heterocycles. The number of rotatable bonds is 3. The van der Waals surface area contributed by atoms with Gasteiger partial charge in [-0.25, -0.2) is 4.39 Å². The van der Waals surface area contributed by atoms with E-state index >= 15 is 0 Å². The number of carbonyl (C=O) groups is 1. The van der Waals surface area contributed by atoms with Gasteiger partial charge < -0.3 is 10.2 Å². The van der Waals surface area contributed by atoms with Crippen LogP contribution in [0.2, 0.25) is 0 Å². The van der Waals surface area contributed by atoms with Gasteiger partial charge in [0, 0.05) is 25.0 Å². The number of anilines is 2. The third-order valence-electron chi connectivity index (χ3n) is 4.56. The predicted molar refractivity (Wildman–Crippen MR) is 99.8 cm³/mol. The summed E-state index contributed by atoms with van der Waals surface area (Å²) in [6.45, 7) is 1.68. The molecule has 1 aliphatic heterocycles. The summed E-state index contributed by atoms with van der Waals surface area (Å²) in [6, 6.07) is 16.1. The molecule has 130 valence electrons. The van der Waals surface area contributed by atoms with Crippen molar-refractivity contribution in [3.05, 3.63) is 89.5 Å². The van der Waals surface area contributed by atoms with Crippen LogP contribution in [0, 0.1) is 5.82 Å². The van der Waals surface area contributed by atoms with Crippen LogP contribution in [0.3, 0.4) is 0 Å². The molecule has 1 amide bonds. The molecular formula is C21H18FN3O. The van der Waals surface area contributed by atoms with Gasteiger partial charge in [-0.2, -0.15) is 0 Å². The van der Waals surface area contributed by atoms with Gasteiger partial charge in [0.2, 0.25) is 0 Å². The monoisotopic (exact) mass is 347 g/mol. The van der Waals surface area contributed by atoms with Gasteiger partial charge in [-0.05, 0) is 41.8 Å². The van der Waals surface area contributed by atoms with Crippen molar-refractivity contribution < 1.29 is 9.18 Å². The van der Waals surface area contributed by atoms with Crippen LogP contribution in [-0.4, -0.2) is 17.4 Å². The van der Waals surface area contributed by atoms with Gasteiger partial charge in [-0.1, -0.05) is 30.3 Å². The Hall–Kier alpha value is -3.21. The molecule has 3 aromatic rings. The molecule has 0 bridgehead atoms. The highest BCUT2D eigenvalue weighted by atomic mass is 19.1. The number of hydrogen-bond acceptors (Lipinski definition) is 3. The van der Waals surface area contributed by atoms with Crippen molar-refractivity contribution >= 4 is 17.3 Å². The Morgan fingerprint density at radius 3 is 2.73 bits per heavy atom. The smallest absolute Gasteiger partial charge is 0.257 e. The number of pyridine rings is 1. The average Bonchev–Trinajstić information content (AvgIpc) is 2.68. The number of carbonyl (C=O) groups excluding carboxylic acids is 1. The molecule has 26 heavy (non-hydrogen) atoms. The van der Waals surface area contributed by atoms with Crippen LogP contribution in [0.15, 0.2) is 67.0 Å². The highest BCUT2D eigenvalue weighted by molar-refractivity contribution is 6.04. The standard InChI is InChI=1S/C21H18FN3O/c22-18-6-3-7-19(11-18)24-21(26)17-10-20(13-23-12-17)25-9-8-15-4-1-2-5-16(15)14-25/h1-7,10-13H,8-9,14H2,(H,24,26). The molecule has 0 fully saturated rings. The summed E-state index contributed by atoms with van der Waals surface area (Å²) in [5, 5.41) is 2.71. The van der Waals surface area contributed by atoms with Gasteiger partial charge in [0.15, 0.2) is 0 Å². The molecule has 0 aliphatic carbocycles. The maximum Gasteiger partial charge on any atom is 0.257 e. The number of aromatic nitrogens is 1. The number of benzene rings is 2. The van der Waals surface area contributed by atoms with Crippen molar-refractivity contribution in [1.29, 1.82) is 0 Å². The molecular weight excluding hydrogens is 329 g/mol. The van der Waals surface area contributed by atoms with Crippen LogP contribution < -0.4 is 10.2 Å². The largest absolute Gasteiger partial charge is 0.366 e. The maximum atomic E-state index is 13.3. The molecule has 0 spiro atoms. The zero-order valence-electron chi connectivity index (χ0n) is 14.2. The van der Waals surface area contributed by atoms with E-state index in [9.17, 15) is 9.18 Å². The van der Waals surface area contributed by atoms with Crippen LogP contribution >= 0.6 is 0 Å². The molecule has 0 radical (unpaired) electrons. The highest BCUT2D eigenvalue weighted by Gasteiger charge is 2.17. The van der Waals surface area contributed by atoms with Crippen LogP contribution in [0.5, 0.6) is 0 Å². The van der Waals surface area contributed by atoms with Crippen LogP contribution in [0.4, 0.5) is 15.8 Å². The second-order valence-electron chi connectivity index (χ2n) is 6.34. The maximum absolute atomic E-state index is 13.3. The number of nitrogens with zero attached hydrogens (tertiary/aromatic N) is 2. The molecule has 5 heteroatoms. The molecule has 0 unspecified atom stereocenters. The Balaban J connectivity index is 1.53. The Labute approximate surface area is 151 Å². The van der Waals surface area contributed by atoms with E-state index in [1.54, 1.807) is 18.3 Å². The first-order chi connectivity index (χ1) is 12.7. The fourth-order valence-corrected chi connectivity index (χ4v) is 3.21. The minimum absolute atomic E-state index is 0.303. The number of halogens is 1. The lowest BCUT2D eigenvalue weighted by Crippen LogP contribution is -2.30. The summed E-state index contributed by atoms with van der Waals surface area (Å²) in [6.07, 6.45) is 4.26. The van der Waals surface area contributed by atoms with Crippen molar-refractivity contribution in [2.24, 2.45) is 0 Å². The second kappa shape index (κ2) is 6.96. The summed E-state index contributed by atoms with van der Waals surface area (Å²) < 4.78 is 13.3. The average molecular weight is 347 g/mol. The molecule has 0 saturated carbocycles. The minimum atomic E-state index is -0.387. The van der Waals surface area contributed by atoms with Gasteiger partial charge >= 0.3 is 0 Å². The third kappa shape index (κ3) is 3.42.